The van der Waals surface area contributed by atoms with Crippen molar-refractivity contribution in [3.8, 4) is 0 Å². The van der Waals surface area contributed by atoms with Crippen LogP contribution in [-0.4, -0.2) is 36.7 Å². The van der Waals surface area contributed by atoms with Crippen LogP contribution in [-0.2, 0) is 28.7 Å². The second-order valence-corrected chi connectivity index (χ2v) is 12.6. The molecule has 0 saturated heterocycles. The average molecular weight is 523 g/mol. The largest absolute Gasteiger partial charge is 0.468 e. The monoisotopic (exact) mass is 522 g/mol. The Kier molecular flexibility index (Phi) is 7.84. The molecule has 0 aliphatic heterocycles. The molecule has 38 heavy (non-hydrogen) atoms. The van der Waals surface area contributed by atoms with Crippen LogP contribution in [0.1, 0.15) is 98.3 Å². The summed E-state index contributed by atoms with van der Waals surface area (Å²) in [6, 6.07) is 0. The number of rotatable bonds is 3. The molecule has 0 radical (unpaired) electrons. The number of aldehydes is 1. The van der Waals surface area contributed by atoms with Gasteiger partial charge < -0.3 is 4.74 Å². The van der Waals surface area contributed by atoms with Crippen LogP contribution in [0.3, 0.4) is 0 Å². The number of ketones is 3. The van der Waals surface area contributed by atoms with Gasteiger partial charge >= 0.3 is 5.97 Å². The first-order valence-electron chi connectivity index (χ1n) is 14.2. The summed E-state index contributed by atoms with van der Waals surface area (Å²) in [5, 5.41) is 0. The molecule has 0 N–H and O–H groups in total. The van der Waals surface area contributed by atoms with Gasteiger partial charge in [-0.15, -0.1) is 0 Å². The highest BCUT2D eigenvalue weighted by Gasteiger charge is 2.59. The number of carbonyl (C=O) groups excluding carboxylic acids is 5. The Labute approximate surface area is 226 Å². The highest BCUT2D eigenvalue weighted by Crippen LogP contribution is 2.62. The molecule has 0 unspecified atom stereocenters. The Balaban J connectivity index is 0.000000216. The predicted molar refractivity (Wildman–Crippen MR) is 144 cm³/mol. The van der Waals surface area contributed by atoms with E-state index in [1.54, 1.807) is 6.08 Å². The third-order valence-corrected chi connectivity index (χ3v) is 10.3. The maximum Gasteiger partial charge on any atom is 0.315 e. The van der Waals surface area contributed by atoms with Crippen molar-refractivity contribution in [3.63, 3.8) is 0 Å². The number of carbonyl (C=O) groups is 5. The standard InChI is InChI=1S/C21H28O4.C11H14O2/c1-13(2)15-7-8-21(19(24)25-4)10-9-20(3)16(18(15)21)6-5-14(12-22)11-17(20)23;1-11-6-5-9(12)7-8(11)3-2-4-10(11)13/h5,12-13,16H,6-11H2,1-4H3;7H,2-6H2,1H3/t16-,20-,21+;11-/m00/s1. The third kappa shape index (κ3) is 4.58. The Morgan fingerprint density at radius 1 is 1.00 bits per heavy atom. The van der Waals surface area contributed by atoms with Gasteiger partial charge in [-0.2, -0.15) is 0 Å². The van der Waals surface area contributed by atoms with Gasteiger partial charge in [0.15, 0.2) is 5.78 Å². The van der Waals surface area contributed by atoms with Gasteiger partial charge in [0.1, 0.15) is 17.9 Å². The molecule has 5 rings (SSSR count). The van der Waals surface area contributed by atoms with E-state index < -0.39 is 10.8 Å². The number of allylic oxidation sites excluding steroid dienone is 5. The molecule has 0 amide bonds. The van der Waals surface area contributed by atoms with E-state index in [9.17, 15) is 24.0 Å². The SMILES string of the molecule is COC(=O)[C@@]12CCC(C(C)C)=C1[C@@H]1CC=C(C=O)CC(=O)[C@@]1(C)CC2.C[C@]12CCC(=O)C=C1CCCC2=O. The smallest absolute Gasteiger partial charge is 0.315 e. The van der Waals surface area contributed by atoms with Crippen molar-refractivity contribution in [1.82, 2.24) is 0 Å². The topological polar surface area (TPSA) is 94.6 Å². The average Bonchev–Trinajstić information content (AvgIpc) is 3.24. The Morgan fingerprint density at radius 2 is 1.74 bits per heavy atom. The molecule has 0 bridgehead atoms. The Morgan fingerprint density at radius 3 is 2.39 bits per heavy atom. The van der Waals surface area contributed by atoms with E-state index in [1.807, 2.05) is 19.9 Å². The number of esters is 1. The molecule has 5 aliphatic carbocycles. The van der Waals surface area contributed by atoms with Gasteiger partial charge in [0.25, 0.3) is 0 Å². The molecular weight excluding hydrogens is 480 g/mol. The first kappa shape index (κ1) is 28.4. The van der Waals surface area contributed by atoms with Crippen LogP contribution in [0.15, 0.2) is 34.4 Å². The summed E-state index contributed by atoms with van der Waals surface area (Å²) >= 11 is 0. The van der Waals surface area contributed by atoms with Crippen LogP contribution < -0.4 is 0 Å². The van der Waals surface area contributed by atoms with E-state index in [-0.39, 0.29) is 35.3 Å². The van der Waals surface area contributed by atoms with Crippen molar-refractivity contribution < 1.29 is 28.7 Å². The lowest BCUT2D eigenvalue weighted by atomic mass is 9.54. The number of hydrogen-bond acceptors (Lipinski definition) is 6. The zero-order valence-electron chi connectivity index (χ0n) is 23.6. The third-order valence-electron chi connectivity index (χ3n) is 10.3. The summed E-state index contributed by atoms with van der Waals surface area (Å²) in [4.78, 5) is 60.0. The molecule has 2 fully saturated rings. The van der Waals surface area contributed by atoms with E-state index in [0.717, 1.165) is 49.5 Å². The van der Waals surface area contributed by atoms with Gasteiger partial charge in [-0.1, -0.05) is 38.0 Å². The second-order valence-electron chi connectivity index (χ2n) is 12.6. The summed E-state index contributed by atoms with van der Waals surface area (Å²) in [7, 11) is 1.46. The first-order chi connectivity index (χ1) is 17.9. The van der Waals surface area contributed by atoms with E-state index in [1.165, 1.54) is 12.7 Å². The lowest BCUT2D eigenvalue weighted by molar-refractivity contribution is -0.155. The number of Topliss-reactive ketones (excluding diaryl/α,β-unsaturated/α-hetero) is 2. The summed E-state index contributed by atoms with van der Waals surface area (Å²) in [5.74, 6) is 0.840. The zero-order valence-corrected chi connectivity index (χ0v) is 23.6. The van der Waals surface area contributed by atoms with Gasteiger partial charge in [-0.05, 0) is 87.3 Å². The second kappa shape index (κ2) is 10.5. The van der Waals surface area contributed by atoms with Gasteiger partial charge in [0, 0.05) is 30.1 Å². The Bertz CT molecular complexity index is 1150. The zero-order chi connectivity index (χ0) is 27.9. The molecule has 0 spiro atoms. The number of fused-ring (bicyclic) bond motifs is 4. The van der Waals surface area contributed by atoms with Gasteiger partial charge in [0.05, 0.1) is 12.5 Å². The maximum absolute atomic E-state index is 13.0. The minimum Gasteiger partial charge on any atom is -0.468 e. The lowest BCUT2D eigenvalue weighted by Gasteiger charge is -2.48. The number of ether oxygens (including phenoxy) is 1. The lowest BCUT2D eigenvalue weighted by Crippen LogP contribution is -2.48. The van der Waals surface area contributed by atoms with E-state index in [2.05, 4.69) is 13.8 Å². The molecule has 6 heteroatoms. The molecular formula is C32H42O6. The predicted octanol–water partition coefficient (Wildman–Crippen LogP) is 5.83. The molecule has 0 aromatic rings. The first-order valence-corrected chi connectivity index (χ1v) is 14.2. The van der Waals surface area contributed by atoms with E-state index >= 15 is 0 Å². The molecule has 6 nitrogen and oxygen atoms in total. The fraction of sp³-hybridized carbons (Fsp3) is 0.656. The van der Waals surface area contributed by atoms with Crippen molar-refractivity contribution in [3.05, 3.63) is 34.4 Å². The van der Waals surface area contributed by atoms with E-state index in [4.69, 9.17) is 4.74 Å². The van der Waals surface area contributed by atoms with Crippen LogP contribution in [0, 0.1) is 28.1 Å². The van der Waals surface area contributed by atoms with Crippen LogP contribution in [0.4, 0.5) is 0 Å². The maximum atomic E-state index is 13.0. The van der Waals surface area contributed by atoms with Gasteiger partial charge in [-0.25, -0.2) is 0 Å². The summed E-state index contributed by atoms with van der Waals surface area (Å²) in [5.41, 5.74) is 2.77. The summed E-state index contributed by atoms with van der Waals surface area (Å²) in [6.45, 7) is 8.35. The molecule has 5 aliphatic rings. The molecule has 0 heterocycles. The fourth-order valence-electron chi connectivity index (χ4n) is 7.69. The van der Waals surface area contributed by atoms with Crippen molar-refractivity contribution in [1.29, 1.82) is 0 Å². The van der Waals surface area contributed by atoms with Crippen LogP contribution in [0.5, 0.6) is 0 Å². The molecule has 206 valence electrons. The van der Waals surface area contributed by atoms with Crippen LogP contribution in [0.2, 0.25) is 0 Å². The van der Waals surface area contributed by atoms with Gasteiger partial charge in [-0.3, -0.25) is 24.0 Å². The molecule has 2 saturated carbocycles. The highest BCUT2D eigenvalue weighted by molar-refractivity contribution is 5.97. The summed E-state index contributed by atoms with van der Waals surface area (Å²) in [6.07, 6.45) is 12.2. The minimum atomic E-state index is -0.571. The quantitative estimate of drug-likeness (QED) is 0.263. The van der Waals surface area contributed by atoms with Crippen LogP contribution >= 0.6 is 0 Å². The normalized spacial score (nSPS) is 34.7. The number of hydrogen-bond donors (Lipinski definition) is 0. The fourth-order valence-corrected chi connectivity index (χ4v) is 7.69. The molecule has 4 atom stereocenters. The summed E-state index contributed by atoms with van der Waals surface area (Å²) < 4.78 is 5.21. The van der Waals surface area contributed by atoms with Crippen LogP contribution in [0.25, 0.3) is 0 Å². The Hall–Kier alpha value is -2.63. The minimum absolute atomic E-state index is 0.00907. The molecule has 0 aromatic carbocycles. The van der Waals surface area contributed by atoms with Crippen molar-refractivity contribution in [2.45, 2.75) is 98.3 Å². The van der Waals surface area contributed by atoms with Gasteiger partial charge in [0.2, 0.25) is 0 Å². The van der Waals surface area contributed by atoms with Crippen molar-refractivity contribution >= 4 is 29.6 Å². The molecule has 0 aromatic heterocycles. The highest BCUT2D eigenvalue weighted by atomic mass is 16.5. The van der Waals surface area contributed by atoms with Crippen molar-refractivity contribution in [2.24, 2.45) is 28.1 Å². The van der Waals surface area contributed by atoms with E-state index in [0.29, 0.717) is 49.4 Å². The number of methoxy groups -OCH3 is 1. The van der Waals surface area contributed by atoms with Crippen molar-refractivity contribution in [2.75, 3.05) is 7.11 Å².